The third-order valence-corrected chi connectivity index (χ3v) is 3.23. The molecule has 0 aliphatic rings. The Morgan fingerprint density at radius 1 is 1.10 bits per heavy atom. The number of pyridine rings is 1. The minimum absolute atomic E-state index is 0.0152. The first-order valence-corrected chi connectivity index (χ1v) is 6.77. The number of nitrogens with one attached hydrogen (secondary N) is 1. The van der Waals surface area contributed by atoms with Crippen LogP contribution < -0.4 is 5.32 Å². The summed E-state index contributed by atoms with van der Waals surface area (Å²) in [6.45, 7) is 4.07. The normalized spacial score (nSPS) is 12.1. The van der Waals surface area contributed by atoms with Gasteiger partial charge >= 0.3 is 0 Å². The zero-order valence-electron chi connectivity index (χ0n) is 11.9. The molecule has 0 fully saturated rings. The van der Waals surface area contributed by atoms with Crippen LogP contribution in [0.4, 0.5) is 5.95 Å². The fourth-order valence-corrected chi connectivity index (χ4v) is 2.04. The van der Waals surface area contributed by atoms with Gasteiger partial charge in [-0.2, -0.15) is 4.68 Å². The average molecular weight is 280 g/mol. The van der Waals surface area contributed by atoms with Gasteiger partial charge in [-0.15, -0.1) is 0 Å². The SMILES string of the molecule is Cc1ccc(-n2nnnc2NC(C)c2ccccn2)cc1. The predicted octanol–water partition coefficient (Wildman–Crippen LogP) is 2.54. The summed E-state index contributed by atoms with van der Waals surface area (Å²) in [5, 5.41) is 15.1. The number of nitrogens with zero attached hydrogens (tertiary/aromatic N) is 5. The van der Waals surface area contributed by atoms with E-state index in [4.69, 9.17) is 0 Å². The van der Waals surface area contributed by atoms with E-state index in [0.29, 0.717) is 5.95 Å². The molecule has 6 nitrogen and oxygen atoms in total. The summed E-state index contributed by atoms with van der Waals surface area (Å²) >= 11 is 0. The van der Waals surface area contributed by atoms with E-state index < -0.39 is 0 Å². The molecule has 1 unspecified atom stereocenters. The van der Waals surface area contributed by atoms with E-state index in [9.17, 15) is 0 Å². The van der Waals surface area contributed by atoms with Gasteiger partial charge in [0.2, 0.25) is 5.95 Å². The molecule has 0 saturated carbocycles. The van der Waals surface area contributed by atoms with Crippen LogP contribution in [0.3, 0.4) is 0 Å². The summed E-state index contributed by atoms with van der Waals surface area (Å²) in [6, 6.07) is 13.9. The van der Waals surface area contributed by atoms with Gasteiger partial charge in [-0.05, 0) is 48.5 Å². The van der Waals surface area contributed by atoms with Crippen LogP contribution in [0.25, 0.3) is 5.69 Å². The quantitative estimate of drug-likeness (QED) is 0.795. The lowest BCUT2D eigenvalue weighted by atomic mass is 10.2. The third kappa shape index (κ3) is 2.89. The number of benzene rings is 1. The van der Waals surface area contributed by atoms with E-state index in [2.05, 4.69) is 25.8 Å². The molecule has 106 valence electrons. The molecule has 21 heavy (non-hydrogen) atoms. The maximum Gasteiger partial charge on any atom is 0.248 e. The van der Waals surface area contributed by atoms with Crippen LogP contribution in [0.1, 0.15) is 24.2 Å². The van der Waals surface area contributed by atoms with Crippen LogP contribution in [-0.2, 0) is 0 Å². The molecule has 0 bridgehead atoms. The summed E-state index contributed by atoms with van der Waals surface area (Å²) in [5.74, 6) is 0.594. The molecular weight excluding hydrogens is 264 g/mol. The van der Waals surface area contributed by atoms with Crippen LogP contribution in [0.2, 0.25) is 0 Å². The minimum Gasteiger partial charge on any atom is -0.345 e. The molecule has 3 rings (SSSR count). The van der Waals surface area contributed by atoms with Crippen molar-refractivity contribution in [1.82, 2.24) is 25.2 Å². The second-order valence-corrected chi connectivity index (χ2v) is 4.87. The van der Waals surface area contributed by atoms with Gasteiger partial charge in [-0.1, -0.05) is 28.9 Å². The van der Waals surface area contributed by atoms with E-state index in [0.717, 1.165) is 11.4 Å². The summed E-state index contributed by atoms with van der Waals surface area (Å²) in [6.07, 6.45) is 1.77. The first kappa shape index (κ1) is 13.2. The van der Waals surface area contributed by atoms with Gasteiger partial charge in [-0.25, -0.2) is 0 Å². The van der Waals surface area contributed by atoms with Crippen LogP contribution >= 0.6 is 0 Å². The van der Waals surface area contributed by atoms with Crippen LogP contribution in [0.15, 0.2) is 48.7 Å². The minimum atomic E-state index is 0.0152. The second kappa shape index (κ2) is 5.70. The molecule has 3 aromatic rings. The number of anilines is 1. The van der Waals surface area contributed by atoms with Gasteiger partial charge in [0.15, 0.2) is 0 Å². The molecule has 0 saturated heterocycles. The number of hydrogen-bond donors (Lipinski definition) is 1. The fraction of sp³-hybridized carbons (Fsp3) is 0.200. The Labute approximate surface area is 122 Å². The Bertz CT molecular complexity index is 705. The number of aromatic nitrogens is 5. The van der Waals surface area contributed by atoms with Crippen molar-refractivity contribution < 1.29 is 0 Å². The highest BCUT2D eigenvalue weighted by Crippen LogP contribution is 2.17. The second-order valence-electron chi connectivity index (χ2n) is 4.87. The van der Waals surface area contributed by atoms with Gasteiger partial charge < -0.3 is 5.32 Å². The molecule has 2 aromatic heterocycles. The third-order valence-electron chi connectivity index (χ3n) is 3.23. The fourth-order valence-electron chi connectivity index (χ4n) is 2.04. The lowest BCUT2D eigenvalue weighted by molar-refractivity contribution is 0.774. The number of tetrazole rings is 1. The Morgan fingerprint density at radius 3 is 2.62 bits per heavy atom. The molecule has 0 amide bonds. The van der Waals surface area contributed by atoms with E-state index in [-0.39, 0.29) is 6.04 Å². The standard InChI is InChI=1S/C15H16N6/c1-11-6-8-13(9-7-11)21-15(18-19-20-21)17-12(2)14-5-3-4-10-16-14/h3-10,12H,1-2H3,(H,17,18,20). The highest BCUT2D eigenvalue weighted by atomic mass is 15.6. The maximum absolute atomic E-state index is 4.33. The highest BCUT2D eigenvalue weighted by Gasteiger charge is 2.12. The molecule has 0 aliphatic heterocycles. The van der Waals surface area contributed by atoms with Crippen molar-refractivity contribution in [2.75, 3.05) is 5.32 Å². The Morgan fingerprint density at radius 2 is 1.90 bits per heavy atom. The molecule has 1 N–H and O–H groups in total. The average Bonchev–Trinajstić information content (AvgIpc) is 2.97. The van der Waals surface area contributed by atoms with Gasteiger partial charge in [0, 0.05) is 6.20 Å². The van der Waals surface area contributed by atoms with E-state index >= 15 is 0 Å². The number of aryl methyl sites for hydroxylation is 1. The van der Waals surface area contributed by atoms with Gasteiger partial charge in [0.25, 0.3) is 0 Å². The molecule has 0 spiro atoms. The van der Waals surface area contributed by atoms with Crippen molar-refractivity contribution in [2.24, 2.45) is 0 Å². The summed E-state index contributed by atoms with van der Waals surface area (Å²) < 4.78 is 1.68. The number of hydrogen-bond acceptors (Lipinski definition) is 5. The topological polar surface area (TPSA) is 68.5 Å². The van der Waals surface area contributed by atoms with Crippen LogP contribution in [-0.4, -0.2) is 25.2 Å². The van der Waals surface area contributed by atoms with Crippen LogP contribution in [0, 0.1) is 6.92 Å². The lowest BCUT2D eigenvalue weighted by Gasteiger charge is -2.13. The monoisotopic (exact) mass is 280 g/mol. The van der Waals surface area contributed by atoms with Crippen molar-refractivity contribution in [3.63, 3.8) is 0 Å². The van der Waals surface area contributed by atoms with Crippen molar-refractivity contribution >= 4 is 5.95 Å². The van der Waals surface area contributed by atoms with Crippen molar-refractivity contribution in [3.05, 3.63) is 59.9 Å². The molecule has 1 atom stereocenters. The zero-order valence-corrected chi connectivity index (χ0v) is 11.9. The van der Waals surface area contributed by atoms with Crippen molar-refractivity contribution in [1.29, 1.82) is 0 Å². The highest BCUT2D eigenvalue weighted by molar-refractivity contribution is 5.40. The summed E-state index contributed by atoms with van der Waals surface area (Å²) in [5.41, 5.74) is 3.06. The maximum atomic E-state index is 4.33. The first-order valence-electron chi connectivity index (χ1n) is 6.77. The Hall–Kier alpha value is -2.76. The van der Waals surface area contributed by atoms with Crippen molar-refractivity contribution in [2.45, 2.75) is 19.9 Å². The molecule has 0 radical (unpaired) electrons. The lowest BCUT2D eigenvalue weighted by Crippen LogP contribution is -2.12. The van der Waals surface area contributed by atoms with E-state index in [1.165, 1.54) is 5.56 Å². The molecule has 0 aliphatic carbocycles. The Kier molecular flexibility index (Phi) is 3.59. The molecule has 1 aromatic carbocycles. The van der Waals surface area contributed by atoms with Gasteiger partial charge in [0.1, 0.15) is 0 Å². The summed E-state index contributed by atoms with van der Waals surface area (Å²) in [4.78, 5) is 4.33. The summed E-state index contributed by atoms with van der Waals surface area (Å²) in [7, 11) is 0. The van der Waals surface area contributed by atoms with Gasteiger partial charge in [-0.3, -0.25) is 4.98 Å². The Balaban J connectivity index is 1.84. The first-order chi connectivity index (χ1) is 10.2. The van der Waals surface area contributed by atoms with Crippen LogP contribution in [0.5, 0.6) is 0 Å². The van der Waals surface area contributed by atoms with E-state index in [1.807, 2.05) is 56.3 Å². The predicted molar refractivity (Wildman–Crippen MR) is 80.2 cm³/mol. The van der Waals surface area contributed by atoms with Gasteiger partial charge in [0.05, 0.1) is 17.4 Å². The number of rotatable bonds is 4. The van der Waals surface area contributed by atoms with Crippen molar-refractivity contribution in [3.8, 4) is 5.69 Å². The molecular formula is C15H16N6. The largest absolute Gasteiger partial charge is 0.345 e. The van der Waals surface area contributed by atoms with E-state index in [1.54, 1.807) is 10.9 Å². The smallest absolute Gasteiger partial charge is 0.248 e. The molecule has 6 heteroatoms. The zero-order chi connectivity index (χ0) is 14.7. The molecule has 2 heterocycles.